The maximum atomic E-state index is 13.0. The average molecular weight is 455 g/mol. The molecule has 0 radical (unpaired) electrons. The molecule has 34 heavy (non-hydrogen) atoms. The van der Waals surface area contributed by atoms with Crippen LogP contribution in [0.15, 0.2) is 78.9 Å². The van der Waals surface area contributed by atoms with Crippen LogP contribution in [0.4, 0.5) is 0 Å². The van der Waals surface area contributed by atoms with Gasteiger partial charge in [-0.25, -0.2) is 0 Å². The highest BCUT2D eigenvalue weighted by molar-refractivity contribution is 6.22. The van der Waals surface area contributed by atoms with Crippen LogP contribution in [0, 0.1) is 0 Å². The number of hydrogen-bond donors (Lipinski definition) is 1. The van der Waals surface area contributed by atoms with Crippen LogP contribution >= 0.6 is 0 Å². The summed E-state index contributed by atoms with van der Waals surface area (Å²) in [6.07, 6.45) is 1.66. The van der Waals surface area contributed by atoms with E-state index in [0.717, 1.165) is 24.0 Å². The summed E-state index contributed by atoms with van der Waals surface area (Å²) in [7, 11) is 0. The molecular weight excluding hydrogens is 428 g/mol. The summed E-state index contributed by atoms with van der Waals surface area (Å²) in [5.74, 6) is -0.976. The second-order valence-corrected chi connectivity index (χ2v) is 8.70. The molecule has 0 spiro atoms. The lowest BCUT2D eigenvalue weighted by Gasteiger charge is -2.19. The van der Waals surface area contributed by atoms with Crippen LogP contribution in [0.2, 0.25) is 0 Å². The Bertz CT molecular complexity index is 1160. The van der Waals surface area contributed by atoms with E-state index in [-0.39, 0.29) is 41.9 Å². The minimum Gasteiger partial charge on any atom is -0.376 e. The molecule has 5 rings (SSSR count). The van der Waals surface area contributed by atoms with Crippen molar-refractivity contribution in [3.05, 3.63) is 107 Å². The zero-order valence-electron chi connectivity index (χ0n) is 18.8. The summed E-state index contributed by atoms with van der Waals surface area (Å²) in [6, 6.07) is 24.8. The first-order valence-corrected chi connectivity index (χ1v) is 11.6. The lowest BCUT2D eigenvalue weighted by molar-refractivity contribution is 0.0475. The van der Waals surface area contributed by atoms with Gasteiger partial charge in [0.25, 0.3) is 17.7 Å². The molecule has 0 bridgehead atoms. The monoisotopic (exact) mass is 454 g/mol. The Morgan fingerprint density at radius 2 is 1.56 bits per heavy atom. The van der Waals surface area contributed by atoms with Gasteiger partial charge in [-0.15, -0.1) is 0 Å². The van der Waals surface area contributed by atoms with Crippen molar-refractivity contribution in [3.63, 3.8) is 0 Å². The zero-order chi connectivity index (χ0) is 23.5. The van der Waals surface area contributed by atoms with Gasteiger partial charge in [0, 0.05) is 24.6 Å². The van der Waals surface area contributed by atoms with E-state index < -0.39 is 0 Å². The number of rotatable bonds is 7. The minimum atomic E-state index is -0.364. The topological polar surface area (TPSA) is 75.7 Å². The number of amides is 3. The highest BCUT2D eigenvalue weighted by Gasteiger charge is 2.38. The maximum absolute atomic E-state index is 13.0. The van der Waals surface area contributed by atoms with Gasteiger partial charge in [-0.2, -0.15) is 0 Å². The molecule has 0 aromatic heterocycles. The van der Waals surface area contributed by atoms with Crippen LogP contribution in [-0.4, -0.2) is 48.4 Å². The first-order valence-electron chi connectivity index (χ1n) is 11.6. The van der Waals surface area contributed by atoms with Crippen molar-refractivity contribution < 1.29 is 19.1 Å². The van der Waals surface area contributed by atoms with Crippen molar-refractivity contribution >= 4 is 17.7 Å². The van der Waals surface area contributed by atoms with Gasteiger partial charge >= 0.3 is 0 Å². The summed E-state index contributed by atoms with van der Waals surface area (Å²) in [5, 5.41) is 3.01. The molecule has 3 aromatic rings. The number of benzene rings is 3. The molecule has 2 aliphatic heterocycles. The summed E-state index contributed by atoms with van der Waals surface area (Å²) in [5.41, 5.74) is 3.19. The second kappa shape index (κ2) is 9.61. The van der Waals surface area contributed by atoms with E-state index >= 15 is 0 Å². The van der Waals surface area contributed by atoms with Gasteiger partial charge in [-0.05, 0) is 42.2 Å². The molecule has 0 aliphatic carbocycles. The number of imide groups is 1. The van der Waals surface area contributed by atoms with Gasteiger partial charge in [0.2, 0.25) is 0 Å². The third-order valence-corrected chi connectivity index (χ3v) is 6.51. The SMILES string of the molecule is O=C(NCC(c1ccccc1)c1ccccc1)c1ccc2c(c1)C(=O)N(CC1CCCO1)C2=O. The van der Waals surface area contributed by atoms with Gasteiger partial charge in [-0.1, -0.05) is 60.7 Å². The number of carbonyl (C=O) groups excluding carboxylic acids is 3. The van der Waals surface area contributed by atoms with Crippen LogP contribution in [0.5, 0.6) is 0 Å². The Morgan fingerprint density at radius 1 is 0.912 bits per heavy atom. The van der Waals surface area contributed by atoms with Crippen LogP contribution in [0.3, 0.4) is 0 Å². The molecule has 3 amide bonds. The predicted molar refractivity (Wildman–Crippen MR) is 128 cm³/mol. The Labute approximate surface area is 198 Å². The number of nitrogens with zero attached hydrogens (tertiary/aromatic N) is 1. The molecule has 1 unspecified atom stereocenters. The zero-order valence-corrected chi connectivity index (χ0v) is 18.8. The Hall–Kier alpha value is -3.77. The Morgan fingerprint density at radius 3 is 2.18 bits per heavy atom. The average Bonchev–Trinajstić information content (AvgIpc) is 3.48. The van der Waals surface area contributed by atoms with Crippen LogP contribution in [0.1, 0.15) is 61.0 Å². The van der Waals surface area contributed by atoms with Gasteiger partial charge in [0.1, 0.15) is 0 Å². The van der Waals surface area contributed by atoms with E-state index in [2.05, 4.69) is 5.32 Å². The highest BCUT2D eigenvalue weighted by atomic mass is 16.5. The lowest BCUT2D eigenvalue weighted by atomic mass is 9.91. The molecule has 6 heteroatoms. The molecule has 3 aromatic carbocycles. The normalized spacial score (nSPS) is 17.3. The fourth-order valence-corrected chi connectivity index (χ4v) is 4.69. The molecule has 6 nitrogen and oxygen atoms in total. The number of carbonyl (C=O) groups is 3. The van der Waals surface area contributed by atoms with Crippen molar-refractivity contribution in [2.45, 2.75) is 24.9 Å². The molecule has 1 saturated heterocycles. The van der Waals surface area contributed by atoms with Crippen molar-refractivity contribution in [2.75, 3.05) is 19.7 Å². The number of ether oxygens (including phenoxy) is 1. The molecule has 1 fully saturated rings. The van der Waals surface area contributed by atoms with Crippen molar-refractivity contribution in [1.29, 1.82) is 0 Å². The molecule has 2 aliphatic rings. The maximum Gasteiger partial charge on any atom is 0.261 e. The van der Waals surface area contributed by atoms with Crippen molar-refractivity contribution in [1.82, 2.24) is 10.2 Å². The number of nitrogens with one attached hydrogen (secondary N) is 1. The second-order valence-electron chi connectivity index (χ2n) is 8.70. The largest absolute Gasteiger partial charge is 0.376 e. The van der Waals surface area contributed by atoms with Crippen LogP contribution in [0.25, 0.3) is 0 Å². The van der Waals surface area contributed by atoms with Crippen LogP contribution < -0.4 is 5.32 Å². The summed E-state index contributed by atoms with van der Waals surface area (Å²) >= 11 is 0. The summed E-state index contributed by atoms with van der Waals surface area (Å²) < 4.78 is 5.59. The Balaban J connectivity index is 1.31. The smallest absolute Gasteiger partial charge is 0.261 e. The molecule has 0 saturated carbocycles. The van der Waals surface area contributed by atoms with Gasteiger partial charge in [-0.3, -0.25) is 19.3 Å². The van der Waals surface area contributed by atoms with E-state index in [4.69, 9.17) is 4.74 Å². The molecule has 2 heterocycles. The highest BCUT2D eigenvalue weighted by Crippen LogP contribution is 2.27. The van der Waals surface area contributed by atoms with E-state index in [1.807, 2.05) is 60.7 Å². The molecular formula is C28H26N2O4. The third kappa shape index (κ3) is 4.37. The van der Waals surface area contributed by atoms with E-state index in [1.54, 1.807) is 12.1 Å². The third-order valence-electron chi connectivity index (χ3n) is 6.51. The number of fused-ring (bicyclic) bond motifs is 1. The van der Waals surface area contributed by atoms with Gasteiger partial charge in [0.15, 0.2) is 0 Å². The first-order chi connectivity index (χ1) is 16.6. The van der Waals surface area contributed by atoms with Crippen LogP contribution in [-0.2, 0) is 4.74 Å². The van der Waals surface area contributed by atoms with Crippen molar-refractivity contribution in [3.8, 4) is 0 Å². The standard InChI is InChI=1S/C28H26N2O4/c31-26(29-17-25(19-8-3-1-4-9-19)20-10-5-2-6-11-20)21-13-14-23-24(16-21)28(33)30(27(23)32)18-22-12-7-15-34-22/h1-6,8-11,13-14,16,22,25H,7,12,15,17-18H2,(H,29,31). The van der Waals surface area contributed by atoms with E-state index in [9.17, 15) is 14.4 Å². The van der Waals surface area contributed by atoms with E-state index in [1.165, 1.54) is 11.0 Å². The minimum absolute atomic E-state index is 0.00844. The van der Waals surface area contributed by atoms with E-state index in [0.29, 0.717) is 24.3 Å². The molecule has 172 valence electrons. The van der Waals surface area contributed by atoms with Gasteiger partial charge in [0.05, 0.1) is 23.8 Å². The molecule has 1 atom stereocenters. The predicted octanol–water partition coefficient (Wildman–Crippen LogP) is 4.02. The molecule has 1 N–H and O–H groups in total. The number of hydrogen-bond acceptors (Lipinski definition) is 4. The summed E-state index contributed by atoms with van der Waals surface area (Å²) in [4.78, 5) is 39.9. The fraction of sp³-hybridized carbons (Fsp3) is 0.250. The fourth-order valence-electron chi connectivity index (χ4n) is 4.69. The lowest BCUT2D eigenvalue weighted by Crippen LogP contribution is -2.36. The summed E-state index contributed by atoms with van der Waals surface area (Å²) in [6.45, 7) is 1.32. The quantitative estimate of drug-likeness (QED) is 0.547. The first kappa shape index (κ1) is 22.0. The Kier molecular flexibility index (Phi) is 6.23. The van der Waals surface area contributed by atoms with Gasteiger partial charge < -0.3 is 10.1 Å². The van der Waals surface area contributed by atoms with Crippen molar-refractivity contribution in [2.24, 2.45) is 0 Å².